The third-order valence-electron chi connectivity index (χ3n) is 2.56. The topological polar surface area (TPSA) is 57.1 Å². The fourth-order valence-electron chi connectivity index (χ4n) is 1.53. The minimum atomic E-state index is 0.205. The van der Waals surface area contributed by atoms with Crippen LogP contribution < -0.4 is 10.6 Å². The van der Waals surface area contributed by atoms with Gasteiger partial charge in [-0.05, 0) is 46.7 Å². The van der Waals surface area contributed by atoms with Crippen LogP contribution in [0.4, 0.5) is 0 Å². The third-order valence-corrected chi connectivity index (χ3v) is 2.56. The van der Waals surface area contributed by atoms with Crippen LogP contribution in [0, 0.1) is 5.41 Å². The first kappa shape index (κ1) is 13.0. The minimum absolute atomic E-state index is 0.205. The molecule has 1 saturated heterocycles. The molecule has 4 heteroatoms. The van der Waals surface area contributed by atoms with Crippen LogP contribution in [0.25, 0.3) is 0 Å². The number of nitrogens with one attached hydrogen (secondary N) is 3. The van der Waals surface area contributed by atoms with Crippen LogP contribution in [0.3, 0.4) is 0 Å². The van der Waals surface area contributed by atoms with Gasteiger partial charge in [0.2, 0.25) is 5.90 Å². The number of hydrogen-bond donors (Lipinski definition) is 3. The molecule has 0 aromatic carbocycles. The standard InChI is InChI=1S/C12H23N3O/c1-9(2)15-8-10(3)12(13)16-11-4-6-14-7-5-11/h8-9,11,13-15H,4-7H2,1-3H3/b10-8-,13-12?. The normalized spacial score (nSPS) is 18.6. The molecule has 0 bridgehead atoms. The molecule has 3 N–H and O–H groups in total. The van der Waals surface area contributed by atoms with Crippen LogP contribution in [0.2, 0.25) is 0 Å². The van der Waals surface area contributed by atoms with Gasteiger partial charge in [-0.3, -0.25) is 5.41 Å². The molecule has 92 valence electrons. The fraction of sp³-hybridized carbons (Fsp3) is 0.750. The van der Waals surface area contributed by atoms with Gasteiger partial charge in [-0.2, -0.15) is 0 Å². The molecule has 4 nitrogen and oxygen atoms in total. The van der Waals surface area contributed by atoms with Crippen molar-refractivity contribution in [3.8, 4) is 0 Å². The van der Waals surface area contributed by atoms with Gasteiger partial charge in [0.05, 0.1) is 0 Å². The highest BCUT2D eigenvalue weighted by Gasteiger charge is 2.16. The van der Waals surface area contributed by atoms with Gasteiger partial charge in [0.25, 0.3) is 0 Å². The first-order valence-corrected chi connectivity index (χ1v) is 5.98. The third kappa shape index (κ3) is 4.66. The quantitative estimate of drug-likeness (QED) is 0.503. The zero-order valence-corrected chi connectivity index (χ0v) is 10.5. The van der Waals surface area contributed by atoms with Gasteiger partial charge in [0, 0.05) is 17.8 Å². The highest BCUT2D eigenvalue weighted by Crippen LogP contribution is 2.10. The van der Waals surface area contributed by atoms with E-state index in [1.165, 1.54) is 0 Å². The van der Waals surface area contributed by atoms with E-state index in [4.69, 9.17) is 10.1 Å². The summed E-state index contributed by atoms with van der Waals surface area (Å²) in [4.78, 5) is 0. The Morgan fingerprint density at radius 2 is 2.06 bits per heavy atom. The molecule has 0 amide bonds. The lowest BCUT2D eigenvalue weighted by atomic mass is 10.1. The predicted molar refractivity (Wildman–Crippen MR) is 66.7 cm³/mol. The maximum Gasteiger partial charge on any atom is 0.210 e. The van der Waals surface area contributed by atoms with Gasteiger partial charge in [0.1, 0.15) is 6.10 Å². The Hall–Kier alpha value is -1.03. The monoisotopic (exact) mass is 225 g/mol. The second kappa shape index (κ2) is 6.53. The van der Waals surface area contributed by atoms with Crippen molar-refractivity contribution in [1.82, 2.24) is 10.6 Å². The van der Waals surface area contributed by atoms with Crippen LogP contribution in [-0.4, -0.2) is 31.1 Å². The number of ether oxygens (including phenoxy) is 1. The van der Waals surface area contributed by atoms with Gasteiger partial charge < -0.3 is 15.4 Å². The lowest BCUT2D eigenvalue weighted by molar-refractivity contribution is 0.149. The second-order valence-electron chi connectivity index (χ2n) is 4.55. The molecule has 0 atom stereocenters. The largest absolute Gasteiger partial charge is 0.474 e. The van der Waals surface area contributed by atoms with E-state index in [1.54, 1.807) is 0 Å². The van der Waals surface area contributed by atoms with Crippen LogP contribution in [0.15, 0.2) is 11.8 Å². The molecule has 0 aromatic rings. The van der Waals surface area contributed by atoms with Crippen LogP contribution in [0.1, 0.15) is 33.6 Å². The molecule has 1 rings (SSSR count). The highest BCUT2D eigenvalue weighted by atomic mass is 16.5. The molecule has 0 spiro atoms. The molecular formula is C12H23N3O. The first-order valence-electron chi connectivity index (χ1n) is 5.98. The van der Waals surface area contributed by atoms with E-state index >= 15 is 0 Å². The molecule has 0 radical (unpaired) electrons. The molecule has 0 aliphatic carbocycles. The molecule has 0 unspecified atom stereocenters. The predicted octanol–water partition coefficient (Wildman–Crippen LogP) is 1.63. The van der Waals surface area contributed by atoms with Gasteiger partial charge in [-0.1, -0.05) is 0 Å². The van der Waals surface area contributed by atoms with Gasteiger partial charge in [-0.25, -0.2) is 0 Å². The summed E-state index contributed by atoms with van der Waals surface area (Å²) in [6.07, 6.45) is 4.05. The molecule has 1 aliphatic heterocycles. The SMILES string of the molecule is C/C(=C/NC(C)C)C(=N)OC1CCNCC1. The Kier molecular flexibility index (Phi) is 5.32. The Bertz CT molecular complexity index is 255. The molecular weight excluding hydrogens is 202 g/mol. The van der Waals surface area contributed by atoms with E-state index in [9.17, 15) is 0 Å². The van der Waals surface area contributed by atoms with Crippen molar-refractivity contribution < 1.29 is 4.74 Å². The average molecular weight is 225 g/mol. The van der Waals surface area contributed by atoms with E-state index in [2.05, 4.69) is 24.5 Å². The summed E-state index contributed by atoms with van der Waals surface area (Å²) in [7, 11) is 0. The summed E-state index contributed by atoms with van der Waals surface area (Å²) in [6.45, 7) is 8.02. The zero-order chi connectivity index (χ0) is 12.0. The Balaban J connectivity index is 2.35. The second-order valence-corrected chi connectivity index (χ2v) is 4.55. The van der Waals surface area contributed by atoms with Crippen molar-refractivity contribution in [3.63, 3.8) is 0 Å². The number of piperidine rings is 1. The summed E-state index contributed by atoms with van der Waals surface area (Å²) in [5.41, 5.74) is 0.854. The molecule has 1 aliphatic rings. The Morgan fingerprint density at radius 3 is 2.62 bits per heavy atom. The molecule has 1 fully saturated rings. The van der Waals surface area contributed by atoms with E-state index in [1.807, 2.05) is 13.1 Å². The average Bonchev–Trinajstić information content (AvgIpc) is 2.27. The fourth-order valence-corrected chi connectivity index (χ4v) is 1.53. The first-order chi connectivity index (χ1) is 7.59. The van der Waals surface area contributed by atoms with Crippen LogP contribution in [0.5, 0.6) is 0 Å². The van der Waals surface area contributed by atoms with Crippen molar-refractivity contribution in [2.24, 2.45) is 0 Å². The Labute approximate surface area is 98.0 Å². The van der Waals surface area contributed by atoms with E-state index < -0.39 is 0 Å². The molecule has 16 heavy (non-hydrogen) atoms. The molecule has 1 heterocycles. The summed E-state index contributed by atoms with van der Waals surface area (Å²) < 4.78 is 5.62. The van der Waals surface area contributed by atoms with Crippen LogP contribution in [-0.2, 0) is 4.74 Å². The highest BCUT2D eigenvalue weighted by molar-refractivity contribution is 5.90. The summed E-state index contributed by atoms with van der Waals surface area (Å²) in [5, 5.41) is 14.3. The summed E-state index contributed by atoms with van der Waals surface area (Å²) in [6, 6.07) is 0.390. The Morgan fingerprint density at radius 1 is 1.44 bits per heavy atom. The van der Waals surface area contributed by atoms with Gasteiger partial charge >= 0.3 is 0 Å². The van der Waals surface area contributed by atoms with E-state index in [0.29, 0.717) is 11.9 Å². The zero-order valence-electron chi connectivity index (χ0n) is 10.5. The van der Waals surface area contributed by atoms with Crippen LogP contribution >= 0.6 is 0 Å². The van der Waals surface area contributed by atoms with Crippen molar-refractivity contribution >= 4 is 5.90 Å². The number of rotatable bonds is 4. The summed E-state index contributed by atoms with van der Waals surface area (Å²) in [5.74, 6) is 0.292. The van der Waals surface area contributed by atoms with Crippen molar-refractivity contribution in [1.29, 1.82) is 5.41 Å². The van der Waals surface area contributed by atoms with Crippen molar-refractivity contribution in [2.45, 2.75) is 45.8 Å². The maximum atomic E-state index is 7.82. The molecule has 0 aromatic heterocycles. The lowest BCUT2D eigenvalue weighted by Gasteiger charge is -2.24. The van der Waals surface area contributed by atoms with E-state index in [0.717, 1.165) is 31.5 Å². The molecule has 0 saturated carbocycles. The summed E-state index contributed by atoms with van der Waals surface area (Å²) >= 11 is 0. The van der Waals surface area contributed by atoms with Crippen molar-refractivity contribution in [2.75, 3.05) is 13.1 Å². The van der Waals surface area contributed by atoms with Gasteiger partial charge in [-0.15, -0.1) is 0 Å². The van der Waals surface area contributed by atoms with E-state index in [-0.39, 0.29) is 6.10 Å². The maximum absolute atomic E-state index is 7.82. The van der Waals surface area contributed by atoms with Crippen molar-refractivity contribution in [3.05, 3.63) is 11.8 Å². The number of hydrogen-bond acceptors (Lipinski definition) is 4. The lowest BCUT2D eigenvalue weighted by Crippen LogP contribution is -2.34. The minimum Gasteiger partial charge on any atom is -0.474 e. The van der Waals surface area contributed by atoms with Gasteiger partial charge in [0.15, 0.2) is 0 Å². The smallest absolute Gasteiger partial charge is 0.210 e.